The van der Waals surface area contributed by atoms with Crippen LogP contribution < -0.4 is 0 Å². The van der Waals surface area contributed by atoms with E-state index in [2.05, 4.69) is 0 Å². The Hall–Kier alpha value is -1.85. The lowest BCUT2D eigenvalue weighted by molar-refractivity contribution is -0.131. The first-order valence-corrected chi connectivity index (χ1v) is 10.8. The molecule has 1 fully saturated rings. The number of carbonyl (C=O) groups is 1. The van der Waals surface area contributed by atoms with Gasteiger partial charge in [-0.2, -0.15) is 0 Å². The zero-order valence-electron chi connectivity index (χ0n) is 14.6. The molecule has 6 heteroatoms. The second-order valence-corrected chi connectivity index (χ2v) is 9.16. The summed E-state index contributed by atoms with van der Waals surface area (Å²) in [6, 6.07) is 16.4. The number of hydrogen-bond donors (Lipinski definition) is 0. The molecule has 2 atom stereocenters. The molecule has 0 saturated carbocycles. The third-order valence-electron chi connectivity index (χ3n) is 4.85. The number of halogens is 1. The fraction of sp³-hybridized carbons (Fsp3) is 0.350. The molecular weight excluding hydrogens is 370 g/mol. The molecule has 4 nitrogen and oxygen atoms in total. The summed E-state index contributed by atoms with van der Waals surface area (Å²) in [6.07, 6.45) is 0. The van der Waals surface area contributed by atoms with Crippen LogP contribution in [-0.2, 0) is 21.2 Å². The van der Waals surface area contributed by atoms with Crippen LogP contribution in [0.1, 0.15) is 11.1 Å². The number of alkyl halides is 1. The van der Waals surface area contributed by atoms with Crippen molar-refractivity contribution in [3.8, 4) is 0 Å². The van der Waals surface area contributed by atoms with Gasteiger partial charge in [-0.05, 0) is 24.6 Å². The molecule has 138 valence electrons. The number of likely N-dealkylation sites (tertiary alicyclic amines) is 1. The van der Waals surface area contributed by atoms with Gasteiger partial charge in [0.25, 0.3) is 0 Å². The first kappa shape index (κ1) is 18.9. The number of rotatable bonds is 6. The van der Waals surface area contributed by atoms with E-state index in [9.17, 15) is 13.2 Å². The van der Waals surface area contributed by atoms with Crippen molar-refractivity contribution in [2.24, 2.45) is 11.8 Å². The fourth-order valence-corrected chi connectivity index (χ4v) is 5.27. The van der Waals surface area contributed by atoms with Crippen molar-refractivity contribution >= 4 is 27.3 Å². The van der Waals surface area contributed by atoms with E-state index in [-0.39, 0.29) is 28.4 Å². The van der Waals surface area contributed by atoms with Gasteiger partial charge in [0.15, 0.2) is 9.84 Å². The van der Waals surface area contributed by atoms with Crippen molar-refractivity contribution < 1.29 is 13.2 Å². The van der Waals surface area contributed by atoms with Crippen LogP contribution in [0.25, 0.3) is 0 Å². The molecule has 1 amide bonds. The standard InChI is InChI=1S/C20H22ClNO3S/c1-15-7-9-18(10-8-15)26(24,25)14-19-17(11-21)13-22(20(19)23)12-16-5-3-2-4-6-16/h2-10,17,19H,11-14H2,1H3/t17-,19+/m0/s1. The average molecular weight is 392 g/mol. The second-order valence-electron chi connectivity index (χ2n) is 6.82. The largest absolute Gasteiger partial charge is 0.338 e. The number of sulfone groups is 1. The number of amides is 1. The monoisotopic (exact) mass is 391 g/mol. The highest BCUT2D eigenvalue weighted by molar-refractivity contribution is 7.91. The van der Waals surface area contributed by atoms with E-state index in [1.165, 1.54) is 0 Å². The van der Waals surface area contributed by atoms with Gasteiger partial charge in [-0.15, -0.1) is 11.6 Å². The second kappa shape index (κ2) is 7.80. The highest BCUT2D eigenvalue weighted by Crippen LogP contribution is 2.30. The first-order chi connectivity index (χ1) is 12.4. The van der Waals surface area contributed by atoms with Crippen molar-refractivity contribution in [3.63, 3.8) is 0 Å². The Morgan fingerprint density at radius 1 is 1.08 bits per heavy atom. The molecule has 0 radical (unpaired) electrons. The summed E-state index contributed by atoms with van der Waals surface area (Å²) >= 11 is 6.06. The summed E-state index contributed by atoms with van der Waals surface area (Å²) < 4.78 is 25.5. The van der Waals surface area contributed by atoms with Crippen LogP contribution in [0.15, 0.2) is 59.5 Å². The van der Waals surface area contributed by atoms with Crippen LogP contribution in [0.3, 0.4) is 0 Å². The van der Waals surface area contributed by atoms with Crippen LogP contribution in [0, 0.1) is 18.8 Å². The molecule has 26 heavy (non-hydrogen) atoms. The normalized spacial score (nSPS) is 20.5. The molecule has 2 aromatic rings. The van der Waals surface area contributed by atoms with E-state index >= 15 is 0 Å². The summed E-state index contributed by atoms with van der Waals surface area (Å²) in [5.41, 5.74) is 2.02. The number of nitrogens with zero attached hydrogens (tertiary/aromatic N) is 1. The smallest absolute Gasteiger partial charge is 0.227 e. The Bertz CT molecular complexity index is 866. The molecule has 1 heterocycles. The lowest BCUT2D eigenvalue weighted by Crippen LogP contribution is -2.30. The van der Waals surface area contributed by atoms with Crippen LogP contribution in [0.5, 0.6) is 0 Å². The molecule has 0 unspecified atom stereocenters. The maximum atomic E-state index is 12.8. The Morgan fingerprint density at radius 2 is 1.73 bits per heavy atom. The fourth-order valence-electron chi connectivity index (χ4n) is 3.32. The zero-order chi connectivity index (χ0) is 18.7. The number of carbonyl (C=O) groups excluding carboxylic acids is 1. The topological polar surface area (TPSA) is 54.5 Å². The Balaban J connectivity index is 1.77. The molecule has 1 aliphatic heterocycles. The van der Waals surface area contributed by atoms with Gasteiger partial charge in [-0.1, -0.05) is 48.0 Å². The van der Waals surface area contributed by atoms with Gasteiger partial charge in [0.2, 0.25) is 5.91 Å². The molecule has 1 aliphatic rings. The SMILES string of the molecule is Cc1ccc(S(=O)(=O)C[C@H]2C(=O)N(Cc3ccccc3)C[C@@H]2CCl)cc1. The third-order valence-corrected chi connectivity index (χ3v) is 7.03. The van der Waals surface area contributed by atoms with E-state index in [0.29, 0.717) is 13.1 Å². The van der Waals surface area contributed by atoms with Crippen LogP contribution in [-0.4, -0.2) is 37.4 Å². The molecule has 1 saturated heterocycles. The molecular formula is C20H22ClNO3S. The van der Waals surface area contributed by atoms with Gasteiger partial charge in [0, 0.05) is 24.9 Å². The van der Waals surface area contributed by atoms with Crippen LogP contribution in [0.4, 0.5) is 0 Å². The molecule has 0 bridgehead atoms. The van der Waals surface area contributed by atoms with Gasteiger partial charge in [-0.25, -0.2) is 8.42 Å². The Kier molecular flexibility index (Phi) is 5.68. The predicted molar refractivity (Wildman–Crippen MR) is 103 cm³/mol. The number of benzene rings is 2. The maximum absolute atomic E-state index is 12.8. The lowest BCUT2D eigenvalue weighted by atomic mass is 10.00. The summed E-state index contributed by atoms with van der Waals surface area (Å²) in [5, 5.41) is 0. The van der Waals surface area contributed by atoms with Gasteiger partial charge in [0.1, 0.15) is 0 Å². The quantitative estimate of drug-likeness (QED) is 0.710. The van der Waals surface area contributed by atoms with Gasteiger partial charge in [0.05, 0.1) is 16.6 Å². The van der Waals surface area contributed by atoms with E-state index in [0.717, 1.165) is 11.1 Å². The third kappa shape index (κ3) is 4.10. The summed E-state index contributed by atoms with van der Waals surface area (Å²) in [5.74, 6) is -0.811. The number of hydrogen-bond acceptors (Lipinski definition) is 3. The minimum Gasteiger partial charge on any atom is -0.338 e. The first-order valence-electron chi connectivity index (χ1n) is 8.59. The van der Waals surface area contributed by atoms with Crippen molar-refractivity contribution in [2.75, 3.05) is 18.2 Å². The van der Waals surface area contributed by atoms with Gasteiger partial charge >= 0.3 is 0 Å². The van der Waals surface area contributed by atoms with E-state index in [1.807, 2.05) is 37.3 Å². The van der Waals surface area contributed by atoms with E-state index in [1.54, 1.807) is 29.2 Å². The minimum atomic E-state index is -3.54. The lowest BCUT2D eigenvalue weighted by Gasteiger charge is -2.17. The van der Waals surface area contributed by atoms with Crippen molar-refractivity contribution in [2.45, 2.75) is 18.4 Å². The van der Waals surface area contributed by atoms with Crippen molar-refractivity contribution in [3.05, 3.63) is 65.7 Å². The molecule has 0 N–H and O–H groups in total. The minimum absolute atomic E-state index is 0.129. The Labute approximate surface area is 159 Å². The predicted octanol–water partition coefficient (Wildman–Crippen LogP) is 3.28. The van der Waals surface area contributed by atoms with Crippen LogP contribution in [0.2, 0.25) is 0 Å². The van der Waals surface area contributed by atoms with Crippen LogP contribution >= 0.6 is 11.6 Å². The summed E-state index contributed by atoms with van der Waals surface area (Å²) in [6.45, 7) is 2.88. The van der Waals surface area contributed by atoms with E-state index < -0.39 is 15.8 Å². The summed E-state index contributed by atoms with van der Waals surface area (Å²) in [4.78, 5) is 14.8. The molecule has 2 aromatic carbocycles. The van der Waals surface area contributed by atoms with E-state index in [4.69, 9.17) is 11.6 Å². The Morgan fingerprint density at radius 3 is 2.35 bits per heavy atom. The van der Waals surface area contributed by atoms with Gasteiger partial charge < -0.3 is 4.90 Å². The summed E-state index contributed by atoms with van der Waals surface area (Å²) in [7, 11) is -3.54. The molecule has 0 spiro atoms. The highest BCUT2D eigenvalue weighted by atomic mass is 35.5. The van der Waals surface area contributed by atoms with Crippen molar-refractivity contribution in [1.82, 2.24) is 4.90 Å². The number of aryl methyl sites for hydroxylation is 1. The average Bonchev–Trinajstić information content (AvgIpc) is 2.91. The molecule has 0 aromatic heterocycles. The maximum Gasteiger partial charge on any atom is 0.227 e. The zero-order valence-corrected chi connectivity index (χ0v) is 16.2. The molecule has 0 aliphatic carbocycles. The molecule has 3 rings (SSSR count). The van der Waals surface area contributed by atoms with Crippen molar-refractivity contribution in [1.29, 1.82) is 0 Å². The highest BCUT2D eigenvalue weighted by Gasteiger charge is 2.42. The van der Waals surface area contributed by atoms with Gasteiger partial charge in [-0.3, -0.25) is 4.79 Å².